The summed E-state index contributed by atoms with van der Waals surface area (Å²) in [6.45, 7) is 1.41. The Kier molecular flexibility index (Phi) is 2.05. The number of ketones is 1. The van der Waals surface area contributed by atoms with E-state index in [2.05, 4.69) is 0 Å². The molecule has 0 bridgehead atoms. The smallest absolute Gasteiger partial charge is 0.250 e. The second kappa shape index (κ2) is 2.84. The van der Waals surface area contributed by atoms with Gasteiger partial charge in [-0.25, -0.2) is 0 Å². The number of carbonyl (C=O) groups is 2. The van der Waals surface area contributed by atoms with E-state index >= 15 is 0 Å². The molecule has 0 radical (unpaired) electrons. The number of amides is 1. The molecule has 2 N–H and O–H groups in total. The van der Waals surface area contributed by atoms with Gasteiger partial charge in [-0.15, -0.1) is 11.3 Å². The molecule has 1 rings (SSSR count). The van der Waals surface area contributed by atoms with Crippen molar-refractivity contribution in [2.75, 3.05) is 0 Å². The summed E-state index contributed by atoms with van der Waals surface area (Å²) in [5.74, 6) is -0.662. The highest BCUT2D eigenvalue weighted by atomic mass is 32.1. The normalized spacial score (nSPS) is 9.55. The van der Waals surface area contributed by atoms with Crippen molar-refractivity contribution in [2.45, 2.75) is 6.92 Å². The van der Waals surface area contributed by atoms with Gasteiger partial charge in [-0.2, -0.15) is 0 Å². The van der Waals surface area contributed by atoms with Gasteiger partial charge >= 0.3 is 0 Å². The Morgan fingerprint density at radius 3 is 2.55 bits per heavy atom. The molecule has 0 unspecified atom stereocenters. The number of carbonyl (C=O) groups excluding carboxylic acids is 2. The van der Waals surface area contributed by atoms with Crippen LogP contribution in [0.25, 0.3) is 0 Å². The summed E-state index contributed by atoms with van der Waals surface area (Å²) in [7, 11) is 0. The number of Topliss-reactive ketones (excluding diaryl/α,β-unsaturated/α-hetero) is 1. The minimum atomic E-state index is -0.545. The zero-order valence-corrected chi connectivity index (χ0v) is 6.77. The number of thiophene rings is 1. The van der Waals surface area contributed by atoms with E-state index in [1.807, 2.05) is 0 Å². The quantitative estimate of drug-likeness (QED) is 0.672. The fourth-order valence-corrected chi connectivity index (χ4v) is 1.58. The van der Waals surface area contributed by atoms with E-state index in [1.54, 1.807) is 11.4 Å². The highest BCUT2D eigenvalue weighted by Gasteiger charge is 2.12. The van der Waals surface area contributed by atoms with Gasteiger partial charge in [0.2, 0.25) is 5.91 Å². The first-order valence-corrected chi connectivity index (χ1v) is 3.89. The second-order valence-electron chi connectivity index (χ2n) is 2.08. The average Bonchev–Trinajstić information content (AvgIpc) is 2.32. The van der Waals surface area contributed by atoms with Crippen molar-refractivity contribution in [3.63, 3.8) is 0 Å². The Labute approximate surface area is 67.8 Å². The van der Waals surface area contributed by atoms with Gasteiger partial charge in [0.1, 0.15) is 0 Å². The van der Waals surface area contributed by atoms with Gasteiger partial charge in [-0.05, 0) is 18.4 Å². The largest absolute Gasteiger partial charge is 0.366 e. The number of nitrogens with two attached hydrogens (primary N) is 1. The molecule has 0 saturated carbocycles. The van der Waals surface area contributed by atoms with E-state index in [4.69, 9.17) is 5.73 Å². The van der Waals surface area contributed by atoms with Gasteiger partial charge in [0.15, 0.2) is 5.78 Å². The molecule has 1 heterocycles. The van der Waals surface area contributed by atoms with E-state index in [0.717, 1.165) is 0 Å². The van der Waals surface area contributed by atoms with Crippen molar-refractivity contribution in [1.29, 1.82) is 0 Å². The van der Waals surface area contributed by atoms with Crippen molar-refractivity contribution in [3.05, 3.63) is 21.9 Å². The molecule has 0 saturated heterocycles. The highest BCUT2D eigenvalue weighted by molar-refractivity contribution is 7.12. The van der Waals surface area contributed by atoms with E-state index in [0.29, 0.717) is 10.4 Å². The lowest BCUT2D eigenvalue weighted by atomic mass is 10.2. The summed E-state index contributed by atoms with van der Waals surface area (Å²) in [5.41, 5.74) is 5.33. The van der Waals surface area contributed by atoms with E-state index in [9.17, 15) is 9.59 Å². The molecule has 1 aromatic heterocycles. The van der Waals surface area contributed by atoms with Crippen LogP contribution in [0.1, 0.15) is 27.0 Å². The lowest BCUT2D eigenvalue weighted by molar-refractivity contribution is 0.0976. The molecule has 0 aromatic carbocycles. The van der Waals surface area contributed by atoms with Crippen LogP contribution in [-0.2, 0) is 0 Å². The molecule has 1 amide bonds. The molecule has 11 heavy (non-hydrogen) atoms. The Morgan fingerprint density at radius 1 is 1.55 bits per heavy atom. The molecule has 0 fully saturated rings. The van der Waals surface area contributed by atoms with Crippen LogP contribution in [-0.4, -0.2) is 11.7 Å². The Balaban J connectivity index is 3.16. The van der Waals surface area contributed by atoms with Crippen LogP contribution in [0.15, 0.2) is 11.4 Å². The number of primary amides is 1. The lowest BCUT2D eigenvalue weighted by Gasteiger charge is -1.92. The maximum atomic E-state index is 10.8. The zero-order valence-electron chi connectivity index (χ0n) is 5.96. The van der Waals surface area contributed by atoms with Crippen LogP contribution in [0.3, 0.4) is 0 Å². The third-order valence-electron chi connectivity index (χ3n) is 1.25. The van der Waals surface area contributed by atoms with Gasteiger partial charge in [0, 0.05) is 0 Å². The zero-order chi connectivity index (χ0) is 8.43. The summed E-state index contributed by atoms with van der Waals surface area (Å²) < 4.78 is 0. The molecule has 0 atom stereocenters. The Bertz CT molecular complexity index is 275. The fraction of sp³-hybridized carbons (Fsp3) is 0.143. The number of hydrogen-bond donors (Lipinski definition) is 1. The van der Waals surface area contributed by atoms with Crippen LogP contribution in [0.2, 0.25) is 0 Å². The SMILES string of the molecule is CC(=O)c1sccc1C(N)=O. The van der Waals surface area contributed by atoms with Crippen LogP contribution >= 0.6 is 11.3 Å². The summed E-state index contributed by atoms with van der Waals surface area (Å²) in [6, 6.07) is 1.56. The van der Waals surface area contributed by atoms with Gasteiger partial charge in [-0.1, -0.05) is 0 Å². The van der Waals surface area contributed by atoms with Crippen molar-refractivity contribution in [2.24, 2.45) is 5.73 Å². The first-order valence-electron chi connectivity index (χ1n) is 3.01. The lowest BCUT2D eigenvalue weighted by Crippen LogP contribution is -2.12. The third kappa shape index (κ3) is 1.46. The molecule has 3 nitrogen and oxygen atoms in total. The van der Waals surface area contributed by atoms with E-state index < -0.39 is 5.91 Å². The molecule has 0 aliphatic heterocycles. The molecule has 0 aliphatic rings. The van der Waals surface area contributed by atoms with E-state index in [1.165, 1.54) is 18.3 Å². The minimum absolute atomic E-state index is 0.117. The van der Waals surface area contributed by atoms with E-state index in [-0.39, 0.29) is 5.78 Å². The molecular formula is C7H7NO2S. The van der Waals surface area contributed by atoms with Gasteiger partial charge in [-0.3, -0.25) is 9.59 Å². The Morgan fingerprint density at radius 2 is 2.18 bits per heavy atom. The maximum Gasteiger partial charge on any atom is 0.250 e. The number of hydrogen-bond acceptors (Lipinski definition) is 3. The first-order chi connectivity index (χ1) is 5.13. The van der Waals surface area contributed by atoms with Crippen LogP contribution in [0.5, 0.6) is 0 Å². The van der Waals surface area contributed by atoms with Gasteiger partial charge in [0.05, 0.1) is 10.4 Å². The predicted octanol–water partition coefficient (Wildman–Crippen LogP) is 1.05. The van der Waals surface area contributed by atoms with Crippen molar-refractivity contribution in [3.8, 4) is 0 Å². The minimum Gasteiger partial charge on any atom is -0.366 e. The predicted molar refractivity (Wildman–Crippen MR) is 42.8 cm³/mol. The van der Waals surface area contributed by atoms with Crippen LogP contribution in [0.4, 0.5) is 0 Å². The average molecular weight is 169 g/mol. The standard InChI is InChI=1S/C7H7NO2S/c1-4(9)6-5(7(8)10)2-3-11-6/h2-3H,1H3,(H2,8,10). The van der Waals surface area contributed by atoms with Crippen molar-refractivity contribution in [1.82, 2.24) is 0 Å². The Hall–Kier alpha value is -1.16. The fourth-order valence-electron chi connectivity index (χ4n) is 0.776. The molecular weight excluding hydrogens is 162 g/mol. The van der Waals surface area contributed by atoms with Gasteiger partial charge in [0.25, 0.3) is 0 Å². The summed E-state index contributed by atoms with van der Waals surface area (Å²) in [6.07, 6.45) is 0. The topological polar surface area (TPSA) is 60.2 Å². The summed E-state index contributed by atoms with van der Waals surface area (Å²) >= 11 is 1.24. The molecule has 4 heteroatoms. The number of rotatable bonds is 2. The van der Waals surface area contributed by atoms with Crippen LogP contribution in [0, 0.1) is 0 Å². The van der Waals surface area contributed by atoms with Crippen molar-refractivity contribution >= 4 is 23.0 Å². The summed E-state index contributed by atoms with van der Waals surface area (Å²) in [5, 5.41) is 1.68. The second-order valence-corrected chi connectivity index (χ2v) is 3.00. The maximum absolute atomic E-state index is 10.8. The monoisotopic (exact) mass is 169 g/mol. The molecule has 58 valence electrons. The third-order valence-corrected chi connectivity index (χ3v) is 2.27. The molecule has 0 spiro atoms. The molecule has 0 aliphatic carbocycles. The first kappa shape index (κ1) is 7.94. The van der Waals surface area contributed by atoms with Crippen LogP contribution < -0.4 is 5.73 Å². The highest BCUT2D eigenvalue weighted by Crippen LogP contribution is 2.16. The molecule has 1 aromatic rings. The van der Waals surface area contributed by atoms with Gasteiger partial charge < -0.3 is 5.73 Å². The summed E-state index contributed by atoms with van der Waals surface area (Å²) in [4.78, 5) is 21.9. The van der Waals surface area contributed by atoms with Crippen molar-refractivity contribution < 1.29 is 9.59 Å².